The van der Waals surface area contributed by atoms with E-state index in [1.807, 2.05) is 55.5 Å². The van der Waals surface area contributed by atoms with Crippen molar-refractivity contribution < 1.29 is 28.3 Å². The highest BCUT2D eigenvalue weighted by molar-refractivity contribution is 6.72. The van der Waals surface area contributed by atoms with Crippen LogP contribution in [0.3, 0.4) is 0 Å². The van der Waals surface area contributed by atoms with Crippen LogP contribution in [0.2, 0.25) is 18.6 Å². The number of piperazine rings is 1. The molecular formula is C32H41FN4O5Si. The van der Waals surface area contributed by atoms with Crippen LogP contribution in [0.4, 0.5) is 15.5 Å². The molecule has 230 valence electrons. The lowest BCUT2D eigenvalue weighted by Crippen LogP contribution is -2.48. The Morgan fingerprint density at radius 3 is 2.65 bits per heavy atom. The number of anilines is 2. The number of benzene rings is 2. The smallest absolute Gasteiger partial charge is 0.264 e. The summed E-state index contributed by atoms with van der Waals surface area (Å²) in [5.74, 6) is -1.24. The number of amides is 3. The molecule has 1 spiro atoms. The number of ether oxygens (including phenoxy) is 1. The molecular weight excluding hydrogens is 567 g/mol. The van der Waals surface area contributed by atoms with Gasteiger partial charge in [-0.1, -0.05) is 43.3 Å². The fourth-order valence-electron chi connectivity index (χ4n) is 7.11. The summed E-state index contributed by atoms with van der Waals surface area (Å²) in [6, 6.07) is 15.0. The SMILES string of the molecule is C=CCN1C(=O)[C@]2(O[C@H](CC(=O)N(CCO)Cc3ccccc3)[C@@H]([Si](C)(C)F)[C@@H]2C)c2cc(N3CCNCC3=O)ccc21. The van der Waals surface area contributed by atoms with Gasteiger partial charge in [0.15, 0.2) is 5.60 Å². The maximum atomic E-state index is 16.2. The molecule has 3 heterocycles. The van der Waals surface area contributed by atoms with Crippen LogP contribution in [0.1, 0.15) is 24.5 Å². The lowest BCUT2D eigenvalue weighted by molar-refractivity contribution is -0.149. The molecule has 2 N–H and O–H groups in total. The van der Waals surface area contributed by atoms with Gasteiger partial charge in [0.1, 0.15) is 0 Å². The number of hydrogen-bond acceptors (Lipinski definition) is 6. The number of fused-ring (bicyclic) bond motifs is 2. The number of halogens is 1. The van der Waals surface area contributed by atoms with Gasteiger partial charge < -0.3 is 34.0 Å². The molecule has 43 heavy (non-hydrogen) atoms. The van der Waals surface area contributed by atoms with E-state index in [1.165, 1.54) is 0 Å². The van der Waals surface area contributed by atoms with E-state index in [-0.39, 0.29) is 50.4 Å². The second-order valence-electron chi connectivity index (χ2n) is 12.1. The maximum absolute atomic E-state index is 16.2. The number of rotatable bonds is 10. The minimum Gasteiger partial charge on any atom is -0.395 e. The van der Waals surface area contributed by atoms with E-state index in [0.717, 1.165) is 5.56 Å². The van der Waals surface area contributed by atoms with E-state index < -0.39 is 31.6 Å². The van der Waals surface area contributed by atoms with Crippen molar-refractivity contribution in [3.8, 4) is 0 Å². The Hall–Kier alpha value is -3.38. The number of aliphatic hydroxyl groups is 1. The molecule has 3 aliphatic rings. The molecule has 4 atom stereocenters. The molecule has 0 bridgehead atoms. The Morgan fingerprint density at radius 2 is 2.00 bits per heavy atom. The molecule has 2 aromatic rings. The van der Waals surface area contributed by atoms with E-state index in [1.54, 1.807) is 33.9 Å². The van der Waals surface area contributed by atoms with E-state index in [4.69, 9.17) is 4.74 Å². The number of hydrogen-bond donors (Lipinski definition) is 2. The van der Waals surface area contributed by atoms with Gasteiger partial charge in [-0.3, -0.25) is 14.4 Å². The van der Waals surface area contributed by atoms with Gasteiger partial charge in [0.05, 0.1) is 31.4 Å². The molecule has 11 heteroatoms. The van der Waals surface area contributed by atoms with Crippen LogP contribution in [0.5, 0.6) is 0 Å². The third-order valence-electron chi connectivity index (χ3n) is 8.97. The van der Waals surface area contributed by atoms with Crippen LogP contribution < -0.4 is 15.1 Å². The van der Waals surface area contributed by atoms with Crippen LogP contribution in [-0.2, 0) is 31.3 Å². The van der Waals surface area contributed by atoms with E-state index in [0.29, 0.717) is 36.6 Å². The summed E-state index contributed by atoms with van der Waals surface area (Å²) in [6.07, 6.45) is 0.664. The highest BCUT2D eigenvalue weighted by Crippen LogP contribution is 2.60. The van der Waals surface area contributed by atoms with Gasteiger partial charge in [-0.05, 0) is 36.9 Å². The molecule has 3 aliphatic heterocycles. The standard InChI is InChI=1S/C32H41FN4O5Si/c1-5-14-37-26-12-11-24(36-15-13-34-20-29(36)40)18-25(26)32(31(37)41)22(2)30(43(3,4)33)27(42-32)19-28(39)35(16-17-38)21-23-9-7-6-8-10-23/h5-12,18,22,27,30,34,38H,1,13-17,19-21H2,2-4H3/t22-,27+,30-,32+/m0/s1. The van der Waals surface area contributed by atoms with Crippen molar-refractivity contribution in [1.82, 2.24) is 10.2 Å². The Morgan fingerprint density at radius 1 is 1.26 bits per heavy atom. The summed E-state index contributed by atoms with van der Waals surface area (Å²) in [6.45, 7) is 10.7. The average molecular weight is 609 g/mol. The van der Waals surface area contributed by atoms with Crippen molar-refractivity contribution in [2.75, 3.05) is 49.1 Å². The highest BCUT2D eigenvalue weighted by atomic mass is 28.4. The van der Waals surface area contributed by atoms with Crippen LogP contribution in [0, 0.1) is 5.92 Å². The first kappa shape index (κ1) is 31.1. The third-order valence-corrected chi connectivity index (χ3v) is 11.4. The number of nitrogens with one attached hydrogen (secondary N) is 1. The summed E-state index contributed by atoms with van der Waals surface area (Å²) >= 11 is 0. The molecule has 5 rings (SSSR count). The van der Waals surface area contributed by atoms with Crippen molar-refractivity contribution in [1.29, 1.82) is 0 Å². The highest BCUT2D eigenvalue weighted by Gasteiger charge is 2.67. The molecule has 0 saturated carbocycles. The normalized spacial score (nSPS) is 25.4. The quantitative estimate of drug-likeness (QED) is 0.244. The molecule has 2 fully saturated rings. The predicted molar refractivity (Wildman–Crippen MR) is 166 cm³/mol. The van der Waals surface area contributed by atoms with Gasteiger partial charge in [-0.25, -0.2) is 0 Å². The monoisotopic (exact) mass is 608 g/mol. The van der Waals surface area contributed by atoms with Crippen LogP contribution in [-0.4, -0.2) is 81.6 Å². The Bertz CT molecular complexity index is 1390. The van der Waals surface area contributed by atoms with Crippen LogP contribution in [0.25, 0.3) is 0 Å². The number of carbonyl (C=O) groups is 3. The van der Waals surface area contributed by atoms with Crippen molar-refractivity contribution in [2.45, 2.75) is 50.2 Å². The number of nitrogens with zero attached hydrogens (tertiary/aromatic N) is 3. The van der Waals surface area contributed by atoms with Crippen LogP contribution >= 0.6 is 0 Å². The lowest BCUT2D eigenvalue weighted by Gasteiger charge is -2.32. The number of aliphatic hydroxyl groups excluding tert-OH is 1. The molecule has 0 aromatic heterocycles. The van der Waals surface area contributed by atoms with Crippen molar-refractivity contribution >= 4 is 37.5 Å². The van der Waals surface area contributed by atoms with Gasteiger partial charge in [0.2, 0.25) is 20.2 Å². The van der Waals surface area contributed by atoms with Crippen LogP contribution in [0.15, 0.2) is 61.2 Å². The maximum Gasteiger partial charge on any atom is 0.264 e. The third kappa shape index (κ3) is 5.66. The molecule has 2 saturated heterocycles. The average Bonchev–Trinajstić information content (AvgIpc) is 3.40. The Balaban J connectivity index is 1.53. The topological polar surface area (TPSA) is 102 Å². The zero-order chi connectivity index (χ0) is 30.9. The van der Waals surface area contributed by atoms with Crippen molar-refractivity contribution in [2.24, 2.45) is 5.92 Å². The van der Waals surface area contributed by atoms with Gasteiger partial charge in [0, 0.05) is 55.4 Å². The second-order valence-corrected chi connectivity index (χ2v) is 15.9. The van der Waals surface area contributed by atoms with E-state index in [9.17, 15) is 19.5 Å². The second kappa shape index (κ2) is 12.3. The lowest BCUT2D eigenvalue weighted by atomic mass is 9.82. The molecule has 9 nitrogen and oxygen atoms in total. The predicted octanol–water partition coefficient (Wildman–Crippen LogP) is 3.34. The zero-order valence-electron chi connectivity index (χ0n) is 25.1. The summed E-state index contributed by atoms with van der Waals surface area (Å²) in [7, 11) is -3.50. The van der Waals surface area contributed by atoms with E-state index >= 15 is 4.11 Å². The first-order valence-corrected chi connectivity index (χ1v) is 17.9. The molecule has 0 radical (unpaired) electrons. The summed E-state index contributed by atoms with van der Waals surface area (Å²) in [4.78, 5) is 45.7. The van der Waals surface area contributed by atoms with Gasteiger partial charge in [0.25, 0.3) is 5.91 Å². The van der Waals surface area contributed by atoms with Gasteiger partial charge >= 0.3 is 0 Å². The molecule has 3 amide bonds. The van der Waals surface area contributed by atoms with Gasteiger partial charge in [-0.2, -0.15) is 0 Å². The summed E-state index contributed by atoms with van der Waals surface area (Å²) in [5, 5.41) is 12.8. The first-order chi connectivity index (χ1) is 20.5. The van der Waals surface area contributed by atoms with E-state index in [2.05, 4.69) is 11.9 Å². The zero-order valence-corrected chi connectivity index (χ0v) is 26.1. The summed E-state index contributed by atoms with van der Waals surface area (Å²) < 4.78 is 23.0. The largest absolute Gasteiger partial charge is 0.395 e. The summed E-state index contributed by atoms with van der Waals surface area (Å²) in [5.41, 5.74) is 0.614. The first-order valence-electron chi connectivity index (χ1n) is 14.9. The van der Waals surface area contributed by atoms with Crippen molar-refractivity contribution in [3.63, 3.8) is 0 Å². The van der Waals surface area contributed by atoms with Crippen molar-refractivity contribution in [3.05, 3.63) is 72.3 Å². The molecule has 0 unspecified atom stereocenters. The number of carbonyl (C=O) groups excluding carboxylic acids is 3. The Labute approximate surface area is 253 Å². The minimum absolute atomic E-state index is 0.0750. The fourth-order valence-corrected chi connectivity index (χ4v) is 9.60. The minimum atomic E-state index is -3.50. The Kier molecular flexibility index (Phi) is 8.89. The van der Waals surface area contributed by atoms with Gasteiger partial charge in [-0.15, -0.1) is 6.58 Å². The fraction of sp³-hybridized carbons (Fsp3) is 0.469. The molecule has 0 aliphatic carbocycles. The molecule has 2 aromatic carbocycles.